The van der Waals surface area contributed by atoms with Crippen molar-refractivity contribution in [1.82, 2.24) is 19.6 Å². The molecular formula is C22H26FN7O. The van der Waals surface area contributed by atoms with Gasteiger partial charge in [-0.3, -0.25) is 9.78 Å². The molecule has 3 heterocycles. The Morgan fingerprint density at radius 1 is 1.13 bits per heavy atom. The molecule has 162 valence electrons. The first kappa shape index (κ1) is 19.7. The molecule has 9 heteroatoms. The summed E-state index contributed by atoms with van der Waals surface area (Å²) >= 11 is 0. The molecule has 2 aliphatic carbocycles. The number of nitrogens with zero attached hydrogens (tertiary/aromatic N) is 4. The lowest BCUT2D eigenvalue weighted by molar-refractivity contribution is 0.102. The van der Waals surface area contributed by atoms with Gasteiger partial charge < -0.3 is 16.0 Å². The minimum atomic E-state index is -0.595. The fourth-order valence-electron chi connectivity index (χ4n) is 4.13. The van der Waals surface area contributed by atoms with Crippen LogP contribution < -0.4 is 16.0 Å². The van der Waals surface area contributed by atoms with Crippen LogP contribution in [0.2, 0.25) is 0 Å². The van der Waals surface area contributed by atoms with Gasteiger partial charge in [0.25, 0.3) is 5.91 Å². The molecule has 0 radical (unpaired) electrons. The van der Waals surface area contributed by atoms with Crippen LogP contribution in [0.4, 0.5) is 21.6 Å². The number of halogens is 1. The number of nitrogens with one attached hydrogen (secondary N) is 3. The van der Waals surface area contributed by atoms with Gasteiger partial charge >= 0.3 is 0 Å². The fraction of sp³-hybridized carbons (Fsp3) is 0.455. The van der Waals surface area contributed by atoms with Gasteiger partial charge in [-0.05, 0) is 37.7 Å². The zero-order valence-corrected chi connectivity index (χ0v) is 17.4. The van der Waals surface area contributed by atoms with Crippen molar-refractivity contribution in [2.45, 2.75) is 57.5 Å². The topological polar surface area (TPSA) is 96.2 Å². The zero-order chi connectivity index (χ0) is 21.4. The lowest BCUT2D eigenvalue weighted by atomic mass is 9.86. The summed E-state index contributed by atoms with van der Waals surface area (Å²) in [7, 11) is 0. The van der Waals surface area contributed by atoms with E-state index in [9.17, 15) is 9.18 Å². The Labute approximate surface area is 179 Å². The van der Waals surface area contributed by atoms with Gasteiger partial charge in [0.05, 0.1) is 23.8 Å². The predicted octanol–water partition coefficient (Wildman–Crippen LogP) is 4.08. The molecule has 31 heavy (non-hydrogen) atoms. The highest BCUT2D eigenvalue weighted by Crippen LogP contribution is 2.31. The van der Waals surface area contributed by atoms with Crippen molar-refractivity contribution in [3.63, 3.8) is 0 Å². The average molecular weight is 423 g/mol. The Balaban J connectivity index is 1.48. The molecule has 1 amide bonds. The highest BCUT2D eigenvalue weighted by molar-refractivity contribution is 6.03. The Morgan fingerprint density at radius 2 is 1.97 bits per heavy atom. The fourth-order valence-corrected chi connectivity index (χ4v) is 4.13. The van der Waals surface area contributed by atoms with E-state index in [-0.39, 0.29) is 11.4 Å². The summed E-state index contributed by atoms with van der Waals surface area (Å²) < 4.78 is 15.5. The first-order valence-corrected chi connectivity index (χ1v) is 10.9. The molecule has 5 rings (SSSR count). The van der Waals surface area contributed by atoms with E-state index in [1.807, 2.05) is 6.07 Å². The SMILES string of the molecule is CC1CCCCC1Nc1cc(NC2CC2)c2ncc(C(=O)Nc3ccncc3F)n2n1. The largest absolute Gasteiger partial charge is 0.379 e. The van der Waals surface area contributed by atoms with Crippen molar-refractivity contribution in [2.75, 3.05) is 16.0 Å². The van der Waals surface area contributed by atoms with Crippen LogP contribution in [-0.4, -0.2) is 37.6 Å². The number of fused-ring (bicyclic) bond motifs is 1. The number of aromatic nitrogens is 4. The molecule has 0 bridgehead atoms. The van der Waals surface area contributed by atoms with Gasteiger partial charge in [-0.2, -0.15) is 0 Å². The number of pyridine rings is 1. The lowest BCUT2D eigenvalue weighted by Gasteiger charge is -2.30. The van der Waals surface area contributed by atoms with Crippen LogP contribution in [0.5, 0.6) is 0 Å². The van der Waals surface area contributed by atoms with E-state index in [1.165, 1.54) is 42.2 Å². The highest BCUT2D eigenvalue weighted by atomic mass is 19.1. The van der Waals surface area contributed by atoms with Crippen molar-refractivity contribution < 1.29 is 9.18 Å². The van der Waals surface area contributed by atoms with Crippen molar-refractivity contribution in [2.24, 2.45) is 5.92 Å². The van der Waals surface area contributed by atoms with Gasteiger partial charge in [0.1, 0.15) is 5.82 Å². The second-order valence-corrected chi connectivity index (χ2v) is 8.56. The van der Waals surface area contributed by atoms with Gasteiger partial charge in [0.2, 0.25) is 0 Å². The number of rotatable bonds is 6. The molecule has 0 spiro atoms. The van der Waals surface area contributed by atoms with E-state index in [4.69, 9.17) is 0 Å². The molecule has 3 N–H and O–H groups in total. The molecule has 2 fully saturated rings. The normalized spacial score (nSPS) is 21.1. The maximum Gasteiger partial charge on any atom is 0.276 e. The molecule has 3 aromatic heterocycles. The Morgan fingerprint density at radius 3 is 2.74 bits per heavy atom. The van der Waals surface area contributed by atoms with E-state index >= 15 is 0 Å². The number of imidazole rings is 1. The van der Waals surface area contributed by atoms with Gasteiger partial charge in [0.15, 0.2) is 17.2 Å². The second-order valence-electron chi connectivity index (χ2n) is 8.56. The van der Waals surface area contributed by atoms with Crippen LogP contribution in [0.25, 0.3) is 5.65 Å². The van der Waals surface area contributed by atoms with Crippen LogP contribution >= 0.6 is 0 Å². The molecule has 0 saturated heterocycles. The first-order chi connectivity index (χ1) is 15.1. The van der Waals surface area contributed by atoms with Gasteiger partial charge in [-0.25, -0.2) is 13.9 Å². The Hall–Kier alpha value is -3.23. The van der Waals surface area contributed by atoms with Crippen molar-refractivity contribution >= 4 is 28.7 Å². The van der Waals surface area contributed by atoms with Gasteiger partial charge in [-0.1, -0.05) is 19.8 Å². The molecule has 8 nitrogen and oxygen atoms in total. The summed E-state index contributed by atoms with van der Waals surface area (Å²) in [5.41, 5.74) is 1.73. The third kappa shape index (κ3) is 4.17. The van der Waals surface area contributed by atoms with Gasteiger partial charge in [-0.15, -0.1) is 5.10 Å². The number of carbonyl (C=O) groups is 1. The minimum Gasteiger partial charge on any atom is -0.379 e. The van der Waals surface area contributed by atoms with Crippen LogP contribution in [0, 0.1) is 11.7 Å². The smallest absolute Gasteiger partial charge is 0.276 e. The summed E-state index contributed by atoms with van der Waals surface area (Å²) in [6.07, 6.45) is 11.0. The number of amides is 1. The van der Waals surface area contributed by atoms with Crippen molar-refractivity contribution in [1.29, 1.82) is 0 Å². The summed E-state index contributed by atoms with van der Waals surface area (Å²) in [5.74, 6) is 0.191. The second kappa shape index (κ2) is 8.13. The molecule has 2 aliphatic rings. The van der Waals surface area contributed by atoms with Crippen LogP contribution in [0.15, 0.2) is 30.7 Å². The maximum absolute atomic E-state index is 13.9. The van der Waals surface area contributed by atoms with Crippen molar-refractivity contribution in [3.8, 4) is 0 Å². The third-order valence-electron chi connectivity index (χ3n) is 6.10. The van der Waals surface area contributed by atoms with E-state index in [0.717, 1.165) is 31.1 Å². The molecule has 2 saturated carbocycles. The van der Waals surface area contributed by atoms with Crippen molar-refractivity contribution in [3.05, 3.63) is 42.2 Å². The van der Waals surface area contributed by atoms with Gasteiger partial charge in [0, 0.05) is 24.3 Å². The third-order valence-corrected chi connectivity index (χ3v) is 6.10. The lowest BCUT2D eigenvalue weighted by Crippen LogP contribution is -2.31. The monoisotopic (exact) mass is 423 g/mol. The molecule has 2 unspecified atom stereocenters. The summed E-state index contributed by atoms with van der Waals surface area (Å²) in [5, 5.41) is 14.3. The van der Waals surface area contributed by atoms with Crippen LogP contribution in [0.3, 0.4) is 0 Å². The zero-order valence-electron chi connectivity index (χ0n) is 17.4. The average Bonchev–Trinajstić information content (AvgIpc) is 3.47. The van der Waals surface area contributed by atoms with Crippen LogP contribution in [0.1, 0.15) is 55.9 Å². The molecule has 2 atom stereocenters. The van der Waals surface area contributed by atoms with E-state index in [0.29, 0.717) is 29.5 Å². The van der Waals surface area contributed by atoms with Crippen LogP contribution in [-0.2, 0) is 0 Å². The minimum absolute atomic E-state index is 0.0663. The summed E-state index contributed by atoms with van der Waals surface area (Å²) in [6, 6.07) is 4.17. The number of anilines is 3. The Bertz CT molecular complexity index is 1110. The van der Waals surface area contributed by atoms with E-state index in [1.54, 1.807) is 0 Å². The predicted molar refractivity (Wildman–Crippen MR) is 117 cm³/mol. The number of hydrogen-bond donors (Lipinski definition) is 3. The number of hydrogen-bond acceptors (Lipinski definition) is 6. The molecular weight excluding hydrogens is 397 g/mol. The van der Waals surface area contributed by atoms with E-state index in [2.05, 4.69) is 37.9 Å². The van der Waals surface area contributed by atoms with E-state index < -0.39 is 11.7 Å². The molecule has 0 aliphatic heterocycles. The summed E-state index contributed by atoms with van der Waals surface area (Å²) in [6.45, 7) is 2.26. The quantitative estimate of drug-likeness (QED) is 0.553. The molecule has 0 aromatic carbocycles. The number of carbonyl (C=O) groups excluding carboxylic acids is 1. The molecule has 3 aromatic rings. The summed E-state index contributed by atoms with van der Waals surface area (Å²) in [4.78, 5) is 21.0. The maximum atomic E-state index is 13.9. The highest BCUT2D eigenvalue weighted by Gasteiger charge is 2.26. The standard InChI is InChI=1S/C22H26FN7O/c1-13-4-2-3-5-16(13)27-20-10-18(26-14-6-7-14)21-25-12-19(30(21)29-20)22(31)28-17-8-9-24-11-15(17)23/h8-14,16,26H,2-7H2,1H3,(H,27,29)(H,24,28,31). The Kier molecular flexibility index (Phi) is 5.17. The first-order valence-electron chi connectivity index (χ1n) is 10.9.